The lowest BCUT2D eigenvalue weighted by atomic mass is 10.1. The number of nitrogens with one attached hydrogen (secondary N) is 1. The Labute approximate surface area is 135 Å². The fourth-order valence-corrected chi connectivity index (χ4v) is 2.83. The number of fused-ring (bicyclic) bond motifs is 1. The van der Waals surface area contributed by atoms with Crippen LogP contribution in [0.5, 0.6) is 11.5 Å². The van der Waals surface area contributed by atoms with E-state index in [0.29, 0.717) is 17.1 Å². The third-order valence-corrected chi connectivity index (χ3v) is 4.11. The highest BCUT2D eigenvalue weighted by molar-refractivity contribution is 6.04. The molecule has 0 radical (unpaired) electrons. The van der Waals surface area contributed by atoms with E-state index in [-0.39, 0.29) is 5.91 Å². The first-order valence-corrected chi connectivity index (χ1v) is 7.50. The van der Waals surface area contributed by atoms with Crippen molar-refractivity contribution in [2.75, 3.05) is 38.0 Å². The van der Waals surface area contributed by atoms with Crippen LogP contribution in [-0.4, -0.2) is 33.7 Å². The zero-order valence-corrected chi connectivity index (χ0v) is 13.6. The SMILES string of the molecule is COc1ccc(C(=O)Nc2ccc3c(c2)CCN3C)cc1OC. The van der Waals surface area contributed by atoms with Gasteiger partial charge in [-0.1, -0.05) is 0 Å². The molecule has 120 valence electrons. The molecule has 0 aliphatic carbocycles. The van der Waals surface area contributed by atoms with Crippen LogP contribution in [0.4, 0.5) is 11.4 Å². The van der Waals surface area contributed by atoms with E-state index < -0.39 is 0 Å². The number of rotatable bonds is 4. The summed E-state index contributed by atoms with van der Waals surface area (Å²) in [4.78, 5) is 14.6. The fraction of sp³-hybridized carbons (Fsp3) is 0.278. The van der Waals surface area contributed by atoms with E-state index in [1.54, 1.807) is 32.4 Å². The maximum Gasteiger partial charge on any atom is 0.255 e. The van der Waals surface area contributed by atoms with Crippen LogP contribution in [0.3, 0.4) is 0 Å². The average molecular weight is 312 g/mol. The monoisotopic (exact) mass is 312 g/mol. The Bertz CT molecular complexity index is 743. The summed E-state index contributed by atoms with van der Waals surface area (Å²) in [5.74, 6) is 0.970. The van der Waals surface area contributed by atoms with E-state index in [0.717, 1.165) is 18.7 Å². The van der Waals surface area contributed by atoms with Crippen molar-refractivity contribution in [3.63, 3.8) is 0 Å². The molecule has 5 nitrogen and oxygen atoms in total. The number of benzene rings is 2. The van der Waals surface area contributed by atoms with Gasteiger partial charge in [0.25, 0.3) is 5.91 Å². The van der Waals surface area contributed by atoms with E-state index in [1.807, 2.05) is 18.2 Å². The lowest BCUT2D eigenvalue weighted by molar-refractivity contribution is 0.102. The molecular formula is C18H20N2O3. The van der Waals surface area contributed by atoms with E-state index in [1.165, 1.54) is 11.3 Å². The highest BCUT2D eigenvalue weighted by Crippen LogP contribution is 2.30. The van der Waals surface area contributed by atoms with Gasteiger partial charge in [-0.05, 0) is 48.4 Å². The first-order chi connectivity index (χ1) is 11.1. The predicted octanol–water partition coefficient (Wildman–Crippen LogP) is 2.95. The highest BCUT2D eigenvalue weighted by Gasteiger charge is 2.17. The van der Waals surface area contributed by atoms with Crippen LogP contribution >= 0.6 is 0 Å². The molecule has 1 heterocycles. The minimum Gasteiger partial charge on any atom is -0.493 e. The maximum atomic E-state index is 12.4. The quantitative estimate of drug-likeness (QED) is 0.943. The summed E-state index contributed by atoms with van der Waals surface area (Å²) in [6.45, 7) is 1.02. The van der Waals surface area contributed by atoms with Crippen LogP contribution in [0.15, 0.2) is 36.4 Å². The first kappa shape index (κ1) is 15.2. The average Bonchev–Trinajstić information content (AvgIpc) is 2.94. The summed E-state index contributed by atoms with van der Waals surface area (Å²) >= 11 is 0. The third-order valence-electron chi connectivity index (χ3n) is 4.11. The Morgan fingerprint density at radius 1 is 1.09 bits per heavy atom. The van der Waals surface area contributed by atoms with Gasteiger partial charge in [-0.15, -0.1) is 0 Å². The summed E-state index contributed by atoms with van der Waals surface area (Å²) in [5.41, 5.74) is 3.82. The molecule has 0 aromatic heterocycles. The van der Waals surface area contributed by atoms with Gasteiger partial charge in [0.15, 0.2) is 11.5 Å². The first-order valence-electron chi connectivity index (χ1n) is 7.50. The molecule has 1 aliphatic heterocycles. The van der Waals surface area contributed by atoms with Crippen molar-refractivity contribution in [1.29, 1.82) is 0 Å². The number of likely N-dealkylation sites (N-methyl/N-ethyl adjacent to an activating group) is 1. The van der Waals surface area contributed by atoms with E-state index in [4.69, 9.17) is 9.47 Å². The topological polar surface area (TPSA) is 50.8 Å². The molecule has 0 atom stereocenters. The summed E-state index contributed by atoms with van der Waals surface area (Å²) in [6, 6.07) is 11.1. The van der Waals surface area contributed by atoms with Crippen LogP contribution in [-0.2, 0) is 6.42 Å². The lowest BCUT2D eigenvalue weighted by Crippen LogP contribution is -2.13. The Hall–Kier alpha value is -2.69. The molecule has 1 amide bonds. The second-order valence-corrected chi connectivity index (χ2v) is 5.54. The molecular weight excluding hydrogens is 292 g/mol. The number of carbonyl (C=O) groups is 1. The standard InChI is InChI=1S/C18H20N2O3/c1-20-9-8-12-10-14(5-6-15(12)20)19-18(21)13-4-7-16(22-2)17(11-13)23-3/h4-7,10-11H,8-9H2,1-3H3,(H,19,21). The molecule has 2 aromatic rings. The summed E-state index contributed by atoms with van der Waals surface area (Å²) < 4.78 is 10.4. The fourth-order valence-electron chi connectivity index (χ4n) is 2.83. The van der Waals surface area contributed by atoms with E-state index in [2.05, 4.69) is 17.3 Å². The Morgan fingerprint density at radius 3 is 2.61 bits per heavy atom. The van der Waals surface area contributed by atoms with Gasteiger partial charge in [-0.3, -0.25) is 4.79 Å². The number of anilines is 2. The van der Waals surface area contributed by atoms with Crippen molar-refractivity contribution in [2.24, 2.45) is 0 Å². The van der Waals surface area contributed by atoms with E-state index in [9.17, 15) is 4.79 Å². The largest absolute Gasteiger partial charge is 0.493 e. The zero-order chi connectivity index (χ0) is 16.4. The molecule has 3 rings (SSSR count). The van der Waals surface area contributed by atoms with Crippen LogP contribution in [0.1, 0.15) is 15.9 Å². The second kappa shape index (κ2) is 6.20. The highest BCUT2D eigenvalue weighted by atomic mass is 16.5. The van der Waals surface area contributed by atoms with Crippen molar-refractivity contribution >= 4 is 17.3 Å². The number of hydrogen-bond acceptors (Lipinski definition) is 4. The third kappa shape index (κ3) is 2.95. The van der Waals surface area contributed by atoms with Crippen molar-refractivity contribution in [1.82, 2.24) is 0 Å². The van der Waals surface area contributed by atoms with Crippen molar-refractivity contribution in [3.05, 3.63) is 47.5 Å². The summed E-state index contributed by atoms with van der Waals surface area (Å²) in [7, 11) is 5.20. The number of methoxy groups -OCH3 is 2. The Balaban J connectivity index is 1.79. The summed E-state index contributed by atoms with van der Waals surface area (Å²) in [6.07, 6.45) is 1.01. The Morgan fingerprint density at radius 2 is 1.87 bits per heavy atom. The van der Waals surface area contributed by atoms with Crippen LogP contribution in [0.2, 0.25) is 0 Å². The Kier molecular flexibility index (Phi) is 4.10. The minimum absolute atomic E-state index is 0.169. The normalized spacial score (nSPS) is 12.7. The van der Waals surface area contributed by atoms with Gasteiger partial charge in [-0.2, -0.15) is 0 Å². The zero-order valence-electron chi connectivity index (χ0n) is 13.6. The molecule has 0 bridgehead atoms. The van der Waals surface area contributed by atoms with Gasteiger partial charge < -0.3 is 19.7 Å². The molecule has 0 saturated carbocycles. The number of hydrogen-bond donors (Lipinski definition) is 1. The molecule has 2 aromatic carbocycles. The number of nitrogens with zero attached hydrogens (tertiary/aromatic N) is 1. The van der Waals surface area contributed by atoms with Crippen molar-refractivity contribution in [2.45, 2.75) is 6.42 Å². The van der Waals surface area contributed by atoms with Crippen LogP contribution in [0, 0.1) is 0 Å². The van der Waals surface area contributed by atoms with Crippen LogP contribution in [0.25, 0.3) is 0 Å². The van der Waals surface area contributed by atoms with E-state index >= 15 is 0 Å². The molecule has 0 fully saturated rings. The van der Waals surface area contributed by atoms with Crippen molar-refractivity contribution in [3.8, 4) is 11.5 Å². The molecule has 0 saturated heterocycles. The predicted molar refractivity (Wildman–Crippen MR) is 90.9 cm³/mol. The smallest absolute Gasteiger partial charge is 0.255 e. The lowest BCUT2D eigenvalue weighted by Gasteiger charge is -2.13. The maximum absolute atomic E-state index is 12.4. The molecule has 1 aliphatic rings. The number of amides is 1. The van der Waals surface area contributed by atoms with Crippen LogP contribution < -0.4 is 19.7 Å². The molecule has 5 heteroatoms. The number of ether oxygens (including phenoxy) is 2. The van der Waals surface area contributed by atoms with Gasteiger partial charge in [0.1, 0.15) is 0 Å². The van der Waals surface area contributed by atoms with Gasteiger partial charge in [0.05, 0.1) is 14.2 Å². The minimum atomic E-state index is -0.169. The second-order valence-electron chi connectivity index (χ2n) is 5.54. The number of carbonyl (C=O) groups excluding carboxylic acids is 1. The van der Waals surface area contributed by atoms with Crippen molar-refractivity contribution < 1.29 is 14.3 Å². The molecule has 0 spiro atoms. The molecule has 0 unspecified atom stereocenters. The van der Waals surface area contributed by atoms with Gasteiger partial charge in [-0.25, -0.2) is 0 Å². The molecule has 23 heavy (non-hydrogen) atoms. The summed E-state index contributed by atoms with van der Waals surface area (Å²) in [5, 5.41) is 2.94. The van der Waals surface area contributed by atoms with Gasteiger partial charge >= 0.3 is 0 Å². The van der Waals surface area contributed by atoms with Gasteiger partial charge in [0, 0.05) is 30.5 Å². The van der Waals surface area contributed by atoms with Gasteiger partial charge in [0.2, 0.25) is 0 Å². The molecule has 1 N–H and O–H groups in total.